The molecule has 2 fully saturated rings. The molecule has 3 aromatic rings. The summed E-state index contributed by atoms with van der Waals surface area (Å²) < 4.78 is 7.95. The van der Waals surface area contributed by atoms with Gasteiger partial charge in [-0.3, -0.25) is 4.90 Å². The second-order valence-electron chi connectivity index (χ2n) is 9.05. The number of aromatic nitrogens is 4. The third-order valence-electron chi connectivity index (χ3n) is 7.07. The number of hydrogen-bond acceptors (Lipinski definition) is 5. The van der Waals surface area contributed by atoms with Gasteiger partial charge in [0.1, 0.15) is 5.82 Å². The van der Waals surface area contributed by atoms with Crippen molar-refractivity contribution in [1.29, 1.82) is 0 Å². The quantitative estimate of drug-likeness (QED) is 0.616. The van der Waals surface area contributed by atoms with Crippen LogP contribution < -0.4 is 0 Å². The van der Waals surface area contributed by atoms with Gasteiger partial charge in [0.05, 0.1) is 18.0 Å². The van der Waals surface area contributed by atoms with E-state index in [1.165, 1.54) is 36.8 Å². The van der Waals surface area contributed by atoms with E-state index in [9.17, 15) is 0 Å². The third kappa shape index (κ3) is 3.47. The topological polar surface area (TPSA) is 60.0 Å². The summed E-state index contributed by atoms with van der Waals surface area (Å²) >= 11 is 0. The van der Waals surface area contributed by atoms with Crippen LogP contribution >= 0.6 is 0 Å². The summed E-state index contributed by atoms with van der Waals surface area (Å²) in [5.41, 5.74) is 2.50. The number of benzene rings is 1. The largest absolute Gasteiger partial charge is 0.338 e. The van der Waals surface area contributed by atoms with Gasteiger partial charge in [-0.15, -0.1) is 0 Å². The predicted octanol–water partition coefficient (Wildman–Crippen LogP) is 4.70. The number of piperidine rings is 1. The Labute approximate surface area is 178 Å². The Kier molecular flexibility index (Phi) is 5.19. The Morgan fingerprint density at radius 3 is 2.63 bits per heavy atom. The highest BCUT2D eigenvalue weighted by Crippen LogP contribution is 2.45. The molecular weight excluding hydrogens is 374 g/mol. The molecule has 158 valence electrons. The Hall–Kier alpha value is -2.47. The molecule has 6 nitrogen and oxygen atoms in total. The summed E-state index contributed by atoms with van der Waals surface area (Å²) in [4.78, 5) is 12.0. The van der Waals surface area contributed by atoms with Crippen LogP contribution in [-0.2, 0) is 19.0 Å². The molecule has 1 saturated heterocycles. The summed E-state index contributed by atoms with van der Waals surface area (Å²) in [6.45, 7) is 3.86. The molecule has 1 saturated carbocycles. The highest BCUT2D eigenvalue weighted by molar-refractivity contribution is 5.35. The SMILES string of the molecule is Cc1ccc(C2(c3noc(CN4CCCC[C@@H]4c4nccn4C)n3)CCCC2)cc1. The molecule has 1 aliphatic heterocycles. The lowest BCUT2D eigenvalue weighted by atomic mass is 9.78. The minimum atomic E-state index is -0.101. The molecular formula is C24H31N5O. The van der Waals surface area contributed by atoms with E-state index in [1.54, 1.807) is 0 Å². The highest BCUT2D eigenvalue weighted by atomic mass is 16.5. The first-order chi connectivity index (χ1) is 14.7. The summed E-state index contributed by atoms with van der Waals surface area (Å²) in [6, 6.07) is 9.20. The molecule has 1 atom stereocenters. The smallest absolute Gasteiger partial charge is 0.240 e. The van der Waals surface area contributed by atoms with E-state index in [0.717, 1.165) is 43.3 Å². The molecule has 0 bridgehead atoms. The molecule has 30 heavy (non-hydrogen) atoms. The summed E-state index contributed by atoms with van der Waals surface area (Å²) in [7, 11) is 2.07. The van der Waals surface area contributed by atoms with Crippen molar-refractivity contribution < 1.29 is 4.52 Å². The minimum Gasteiger partial charge on any atom is -0.338 e. The molecule has 0 N–H and O–H groups in total. The average Bonchev–Trinajstić information content (AvgIpc) is 3.50. The van der Waals surface area contributed by atoms with Gasteiger partial charge in [-0.2, -0.15) is 4.98 Å². The van der Waals surface area contributed by atoms with Gasteiger partial charge in [0.25, 0.3) is 0 Å². The second kappa shape index (κ2) is 7.99. The van der Waals surface area contributed by atoms with Gasteiger partial charge in [0.2, 0.25) is 5.89 Å². The Morgan fingerprint density at radius 2 is 1.90 bits per heavy atom. The number of imidazole rings is 1. The first kappa shape index (κ1) is 19.5. The lowest BCUT2D eigenvalue weighted by Gasteiger charge is -2.34. The number of rotatable bonds is 5. The van der Waals surface area contributed by atoms with Gasteiger partial charge in [0, 0.05) is 19.4 Å². The van der Waals surface area contributed by atoms with E-state index in [4.69, 9.17) is 9.51 Å². The molecule has 3 heterocycles. The molecule has 5 rings (SSSR count). The number of nitrogens with zero attached hydrogens (tertiary/aromatic N) is 5. The van der Waals surface area contributed by atoms with Crippen LogP contribution in [0.25, 0.3) is 0 Å². The summed E-state index contributed by atoms with van der Waals surface area (Å²) in [5.74, 6) is 2.72. The lowest BCUT2D eigenvalue weighted by Crippen LogP contribution is -2.34. The summed E-state index contributed by atoms with van der Waals surface area (Å²) in [5, 5.41) is 4.51. The minimum absolute atomic E-state index is 0.101. The maximum absolute atomic E-state index is 5.82. The lowest BCUT2D eigenvalue weighted by molar-refractivity contribution is 0.116. The van der Waals surface area contributed by atoms with Gasteiger partial charge in [-0.1, -0.05) is 54.2 Å². The van der Waals surface area contributed by atoms with Crippen molar-refractivity contribution >= 4 is 0 Å². The van der Waals surface area contributed by atoms with Crippen LogP contribution in [-0.4, -0.2) is 31.1 Å². The van der Waals surface area contributed by atoms with Gasteiger partial charge in [0.15, 0.2) is 5.82 Å². The maximum atomic E-state index is 5.82. The molecule has 0 radical (unpaired) electrons. The Morgan fingerprint density at radius 1 is 1.10 bits per heavy atom. The maximum Gasteiger partial charge on any atom is 0.240 e. The second-order valence-corrected chi connectivity index (χ2v) is 9.05. The average molecular weight is 406 g/mol. The monoisotopic (exact) mass is 405 g/mol. The number of hydrogen-bond donors (Lipinski definition) is 0. The van der Waals surface area contributed by atoms with Crippen molar-refractivity contribution in [2.45, 2.75) is 69.9 Å². The van der Waals surface area contributed by atoms with E-state index in [-0.39, 0.29) is 5.41 Å². The Balaban J connectivity index is 1.40. The van der Waals surface area contributed by atoms with Crippen LogP contribution in [0.3, 0.4) is 0 Å². The van der Waals surface area contributed by atoms with E-state index < -0.39 is 0 Å². The molecule has 2 aromatic heterocycles. The molecule has 2 aliphatic rings. The zero-order valence-corrected chi connectivity index (χ0v) is 18.0. The normalized spacial score (nSPS) is 21.9. The van der Waals surface area contributed by atoms with Crippen molar-refractivity contribution in [2.75, 3.05) is 6.54 Å². The van der Waals surface area contributed by atoms with Crippen molar-refractivity contribution in [3.05, 3.63) is 65.3 Å². The van der Waals surface area contributed by atoms with Crippen molar-refractivity contribution in [3.8, 4) is 0 Å². The number of likely N-dealkylation sites (tertiary alicyclic amines) is 1. The first-order valence-corrected chi connectivity index (χ1v) is 11.3. The van der Waals surface area contributed by atoms with E-state index in [1.807, 2.05) is 12.4 Å². The van der Waals surface area contributed by atoms with Crippen LogP contribution in [0.15, 0.2) is 41.2 Å². The van der Waals surface area contributed by atoms with Gasteiger partial charge >= 0.3 is 0 Å². The van der Waals surface area contributed by atoms with Crippen LogP contribution in [0.4, 0.5) is 0 Å². The van der Waals surface area contributed by atoms with Gasteiger partial charge in [-0.05, 0) is 44.7 Å². The van der Waals surface area contributed by atoms with Gasteiger partial charge < -0.3 is 9.09 Å². The van der Waals surface area contributed by atoms with Crippen molar-refractivity contribution in [2.24, 2.45) is 7.05 Å². The zero-order valence-electron chi connectivity index (χ0n) is 18.0. The van der Waals surface area contributed by atoms with E-state index in [2.05, 4.69) is 57.8 Å². The fourth-order valence-electron chi connectivity index (χ4n) is 5.35. The summed E-state index contributed by atoms with van der Waals surface area (Å²) in [6.07, 6.45) is 12.1. The highest BCUT2D eigenvalue weighted by Gasteiger charge is 2.41. The van der Waals surface area contributed by atoms with Crippen LogP contribution in [0.2, 0.25) is 0 Å². The van der Waals surface area contributed by atoms with Crippen molar-refractivity contribution in [1.82, 2.24) is 24.6 Å². The molecule has 1 aromatic carbocycles. The van der Waals surface area contributed by atoms with Gasteiger partial charge in [-0.25, -0.2) is 4.98 Å². The number of aryl methyl sites for hydroxylation is 2. The molecule has 0 spiro atoms. The molecule has 1 aliphatic carbocycles. The predicted molar refractivity (Wildman–Crippen MR) is 115 cm³/mol. The Bertz CT molecular complexity index is 983. The standard InChI is InChI=1S/C24H31N5O/c1-18-8-10-19(11-9-18)24(12-4-5-13-24)23-26-21(30-27-23)17-29-15-6-3-7-20(29)22-25-14-16-28(22)2/h8-11,14,16,20H,3-7,12-13,15,17H2,1-2H3/t20-/m1/s1. The molecule has 0 amide bonds. The van der Waals surface area contributed by atoms with Crippen molar-refractivity contribution in [3.63, 3.8) is 0 Å². The fraction of sp³-hybridized carbons (Fsp3) is 0.542. The third-order valence-corrected chi connectivity index (χ3v) is 7.07. The van der Waals surface area contributed by atoms with E-state index in [0.29, 0.717) is 12.6 Å². The molecule has 6 heteroatoms. The zero-order chi connectivity index (χ0) is 20.6. The fourth-order valence-corrected chi connectivity index (χ4v) is 5.35. The molecule has 0 unspecified atom stereocenters. The van der Waals surface area contributed by atoms with E-state index >= 15 is 0 Å². The van der Waals surface area contributed by atoms with Crippen LogP contribution in [0.5, 0.6) is 0 Å². The van der Waals surface area contributed by atoms with Crippen LogP contribution in [0, 0.1) is 6.92 Å². The first-order valence-electron chi connectivity index (χ1n) is 11.3. The van der Waals surface area contributed by atoms with Crippen LogP contribution in [0.1, 0.15) is 79.7 Å².